The number of benzene rings is 2. The highest BCUT2D eigenvalue weighted by atomic mass is 32.2. The van der Waals surface area contributed by atoms with Gasteiger partial charge in [-0.15, -0.1) is 0 Å². The molecule has 0 spiro atoms. The fourth-order valence-electron chi connectivity index (χ4n) is 5.38. The van der Waals surface area contributed by atoms with Gasteiger partial charge in [-0.3, -0.25) is 0 Å². The number of thioether (sulfide) groups is 1. The Bertz CT molecular complexity index is 1020. The molecule has 0 bridgehead atoms. The molecule has 0 radical (unpaired) electrons. The summed E-state index contributed by atoms with van der Waals surface area (Å²) >= 11 is 1.46. The molecule has 218 valence electrons. The average molecular weight is 573 g/mol. The molecule has 1 heterocycles. The van der Waals surface area contributed by atoms with Gasteiger partial charge >= 0.3 is 12.1 Å². The molecule has 1 N–H and O–H groups in total. The second kappa shape index (κ2) is 14.1. The number of hydrogen-bond acceptors (Lipinski definition) is 3. The summed E-state index contributed by atoms with van der Waals surface area (Å²) < 4.78 is 68.5. The zero-order valence-electron chi connectivity index (χ0n) is 23.0. The van der Waals surface area contributed by atoms with Gasteiger partial charge in [-0.25, -0.2) is 0 Å². The van der Waals surface area contributed by atoms with Gasteiger partial charge in [0, 0.05) is 23.8 Å². The van der Waals surface area contributed by atoms with E-state index in [-0.39, 0.29) is 23.5 Å². The van der Waals surface area contributed by atoms with E-state index in [4.69, 9.17) is 4.74 Å². The predicted octanol–water partition coefficient (Wildman–Crippen LogP) is 9.97. The van der Waals surface area contributed by atoms with Crippen molar-refractivity contribution in [3.8, 4) is 11.5 Å². The first kappa shape index (κ1) is 31.6. The summed E-state index contributed by atoms with van der Waals surface area (Å²) in [4.78, 5) is 0. The second-order valence-corrected chi connectivity index (χ2v) is 12.3. The Morgan fingerprint density at radius 2 is 1.49 bits per heavy atom. The largest absolute Gasteiger partial charge is 0.508 e. The number of rotatable bonds is 15. The average Bonchev–Trinajstić information content (AvgIpc) is 2.87. The number of phenols is 1. The van der Waals surface area contributed by atoms with Crippen LogP contribution >= 0.6 is 11.8 Å². The number of aryl methyl sites for hydroxylation is 1. The van der Waals surface area contributed by atoms with Gasteiger partial charge < -0.3 is 9.84 Å². The van der Waals surface area contributed by atoms with Gasteiger partial charge in [0.25, 0.3) is 0 Å². The molecular weight excluding hydrogens is 531 g/mol. The van der Waals surface area contributed by atoms with Crippen molar-refractivity contribution in [3.05, 3.63) is 59.2 Å². The van der Waals surface area contributed by atoms with Gasteiger partial charge in [0.15, 0.2) is 0 Å². The van der Waals surface area contributed by atoms with Crippen LogP contribution in [0.4, 0.5) is 22.0 Å². The number of aromatic hydroxyl groups is 1. The number of ether oxygens (including phenoxy) is 1. The zero-order chi connectivity index (χ0) is 28.5. The minimum Gasteiger partial charge on any atom is -0.508 e. The topological polar surface area (TPSA) is 29.5 Å². The summed E-state index contributed by atoms with van der Waals surface area (Å²) in [5.41, 5.74) is 3.49. The minimum absolute atomic E-state index is 0.126. The number of alkyl halides is 5. The van der Waals surface area contributed by atoms with E-state index in [1.54, 1.807) is 12.1 Å². The second-order valence-electron chi connectivity index (χ2n) is 11.0. The molecule has 39 heavy (non-hydrogen) atoms. The lowest BCUT2D eigenvalue weighted by Gasteiger charge is -2.43. The SMILES string of the molecule is Cc1ccc([C@@]2(C)COc3cc(O)ccc3[C@H]2CCCCCCCCCSCCCC(F)(F)C(F)(F)F)cc1. The van der Waals surface area contributed by atoms with Gasteiger partial charge in [0.2, 0.25) is 0 Å². The maximum absolute atomic E-state index is 12.9. The number of phenolic OH excluding ortho intramolecular Hbond substituents is 1. The number of halogens is 5. The van der Waals surface area contributed by atoms with Crippen molar-refractivity contribution in [1.82, 2.24) is 0 Å². The highest BCUT2D eigenvalue weighted by Gasteiger charge is 2.56. The van der Waals surface area contributed by atoms with E-state index in [1.807, 2.05) is 6.07 Å². The van der Waals surface area contributed by atoms with Gasteiger partial charge in [-0.2, -0.15) is 33.7 Å². The predicted molar refractivity (Wildman–Crippen MR) is 149 cm³/mol. The number of hydrogen-bond donors (Lipinski definition) is 1. The lowest BCUT2D eigenvalue weighted by molar-refractivity contribution is -0.284. The lowest BCUT2D eigenvalue weighted by atomic mass is 9.66. The third-order valence-electron chi connectivity index (χ3n) is 7.86. The van der Waals surface area contributed by atoms with Gasteiger partial charge in [-0.1, -0.05) is 81.3 Å². The van der Waals surface area contributed by atoms with Gasteiger partial charge in [0.1, 0.15) is 11.5 Å². The fraction of sp³-hybridized carbons (Fsp3) is 0.613. The van der Waals surface area contributed by atoms with Gasteiger partial charge in [-0.05, 0) is 54.9 Å². The molecule has 0 saturated carbocycles. The Balaban J connectivity index is 1.36. The minimum atomic E-state index is -5.45. The molecule has 1 aliphatic rings. The monoisotopic (exact) mass is 572 g/mol. The maximum Gasteiger partial charge on any atom is 0.453 e. The van der Waals surface area contributed by atoms with Crippen LogP contribution in [0.3, 0.4) is 0 Å². The maximum atomic E-state index is 12.9. The summed E-state index contributed by atoms with van der Waals surface area (Å²) in [6.07, 6.45) is 1.97. The molecule has 0 fully saturated rings. The van der Waals surface area contributed by atoms with E-state index in [2.05, 4.69) is 38.1 Å². The summed E-state index contributed by atoms with van der Waals surface area (Å²) in [5, 5.41) is 9.95. The summed E-state index contributed by atoms with van der Waals surface area (Å²) in [7, 11) is 0. The zero-order valence-corrected chi connectivity index (χ0v) is 23.8. The first-order chi connectivity index (χ1) is 18.4. The highest BCUT2D eigenvalue weighted by molar-refractivity contribution is 7.99. The Kier molecular flexibility index (Phi) is 11.4. The van der Waals surface area contributed by atoms with Crippen LogP contribution in [-0.2, 0) is 5.41 Å². The van der Waals surface area contributed by atoms with E-state index in [0.29, 0.717) is 12.4 Å². The van der Waals surface area contributed by atoms with Crippen molar-refractivity contribution in [2.24, 2.45) is 0 Å². The van der Waals surface area contributed by atoms with Crippen molar-refractivity contribution in [2.45, 2.75) is 101 Å². The molecule has 0 unspecified atom stereocenters. The van der Waals surface area contributed by atoms with Crippen molar-refractivity contribution in [2.75, 3.05) is 18.1 Å². The molecule has 2 aromatic rings. The molecule has 0 aromatic heterocycles. The van der Waals surface area contributed by atoms with E-state index in [0.717, 1.165) is 68.4 Å². The van der Waals surface area contributed by atoms with Crippen LogP contribution in [0.2, 0.25) is 0 Å². The van der Waals surface area contributed by atoms with Crippen LogP contribution in [0.25, 0.3) is 0 Å². The van der Waals surface area contributed by atoms with Crippen LogP contribution in [-0.4, -0.2) is 35.3 Å². The number of unbranched alkanes of at least 4 members (excludes halogenated alkanes) is 6. The molecule has 1 aliphatic heterocycles. The third-order valence-corrected chi connectivity index (χ3v) is 9.01. The quantitative estimate of drug-likeness (QED) is 0.170. The summed E-state index contributed by atoms with van der Waals surface area (Å²) in [6.45, 7) is 4.93. The Morgan fingerprint density at radius 3 is 2.15 bits per heavy atom. The Labute approximate surface area is 233 Å². The van der Waals surface area contributed by atoms with Crippen molar-refractivity contribution in [3.63, 3.8) is 0 Å². The highest BCUT2D eigenvalue weighted by Crippen LogP contribution is 2.49. The van der Waals surface area contributed by atoms with Crippen LogP contribution in [0.15, 0.2) is 42.5 Å². The molecule has 0 amide bonds. The molecule has 0 aliphatic carbocycles. The fourth-order valence-corrected chi connectivity index (χ4v) is 6.34. The first-order valence-electron chi connectivity index (χ1n) is 14.0. The Hall–Kier alpha value is -1.96. The normalized spacial score (nSPS) is 19.5. The molecule has 2 aromatic carbocycles. The van der Waals surface area contributed by atoms with Crippen LogP contribution < -0.4 is 4.74 Å². The Morgan fingerprint density at radius 1 is 0.872 bits per heavy atom. The van der Waals surface area contributed by atoms with E-state index in [9.17, 15) is 27.1 Å². The number of fused-ring (bicyclic) bond motifs is 1. The van der Waals surface area contributed by atoms with Crippen LogP contribution in [0.1, 0.15) is 93.7 Å². The summed E-state index contributed by atoms with van der Waals surface area (Å²) in [6, 6.07) is 14.2. The molecule has 2 nitrogen and oxygen atoms in total. The van der Waals surface area contributed by atoms with Crippen LogP contribution in [0, 0.1) is 6.92 Å². The molecule has 3 rings (SSSR count). The summed E-state index contributed by atoms with van der Waals surface area (Å²) in [5.74, 6) is -2.16. The smallest absolute Gasteiger partial charge is 0.453 e. The van der Waals surface area contributed by atoms with Crippen molar-refractivity contribution in [1.29, 1.82) is 0 Å². The van der Waals surface area contributed by atoms with Crippen LogP contribution in [0.5, 0.6) is 11.5 Å². The van der Waals surface area contributed by atoms with E-state index >= 15 is 0 Å². The molecule has 0 saturated heterocycles. The molecule has 8 heteroatoms. The van der Waals surface area contributed by atoms with E-state index < -0.39 is 18.5 Å². The first-order valence-corrected chi connectivity index (χ1v) is 15.1. The standard InChI is InChI=1S/C31H41F5O2S/c1-23-12-14-24(15-13-23)29(2)22-38-28-21-25(37)16-17-26(28)27(29)11-8-6-4-3-5-7-9-19-39-20-10-18-30(32,33)31(34,35)36/h12-17,21,27,37H,3-11,18-20,22H2,1-2H3/t27-,29-/m1/s1. The molecule has 2 atom stereocenters. The third kappa shape index (κ3) is 8.76. The van der Waals surface area contributed by atoms with Gasteiger partial charge in [0.05, 0.1) is 6.61 Å². The van der Waals surface area contributed by atoms with E-state index in [1.165, 1.54) is 22.9 Å². The molecular formula is C31H41F5O2S. The lowest BCUT2D eigenvalue weighted by Crippen LogP contribution is -2.40. The van der Waals surface area contributed by atoms with Crippen molar-refractivity contribution >= 4 is 11.8 Å². The van der Waals surface area contributed by atoms with Crippen molar-refractivity contribution < 1.29 is 31.8 Å².